The highest BCUT2D eigenvalue weighted by Crippen LogP contribution is 2.29. The van der Waals surface area contributed by atoms with Gasteiger partial charge in [-0.3, -0.25) is 0 Å². The zero-order valence-electron chi connectivity index (χ0n) is 9.68. The van der Waals surface area contributed by atoms with Crippen LogP contribution in [0.25, 0.3) is 0 Å². The molecule has 0 radical (unpaired) electrons. The molecule has 5 heteroatoms. The lowest BCUT2D eigenvalue weighted by atomic mass is 10.2. The number of hydrogen-bond acceptors (Lipinski definition) is 5. The van der Waals surface area contributed by atoms with Crippen LogP contribution in [-0.4, -0.2) is 23.2 Å². The van der Waals surface area contributed by atoms with E-state index in [0.29, 0.717) is 12.4 Å². The molecule has 2 aromatic rings. The topological polar surface area (TPSA) is 54.2 Å². The first-order chi connectivity index (χ1) is 8.33. The number of aryl methyl sites for hydroxylation is 1. The fraction of sp³-hybridized carbons (Fsp3) is 0.333. The lowest BCUT2D eigenvalue weighted by Crippen LogP contribution is -2.33. The summed E-state index contributed by atoms with van der Waals surface area (Å²) in [6, 6.07) is 8.27. The van der Waals surface area contributed by atoms with Gasteiger partial charge in [-0.15, -0.1) is 0 Å². The number of aromatic nitrogens is 2. The van der Waals surface area contributed by atoms with E-state index in [1.807, 2.05) is 19.1 Å². The fourth-order valence-electron chi connectivity index (χ4n) is 2.09. The summed E-state index contributed by atoms with van der Waals surface area (Å²) in [5.41, 5.74) is 2.36. The highest BCUT2D eigenvalue weighted by atomic mass is 16.5. The summed E-state index contributed by atoms with van der Waals surface area (Å²) in [6.45, 7) is 4.39. The Morgan fingerprint density at radius 3 is 3.12 bits per heavy atom. The number of nitrogens with one attached hydrogen (secondary N) is 1. The van der Waals surface area contributed by atoms with Gasteiger partial charge < -0.3 is 14.7 Å². The molecule has 0 amide bonds. The maximum absolute atomic E-state index is 4.99. The Morgan fingerprint density at radius 2 is 2.29 bits per heavy atom. The number of hydrogen-bond donors (Lipinski definition) is 1. The van der Waals surface area contributed by atoms with Crippen LogP contribution in [0.3, 0.4) is 0 Å². The molecule has 1 aromatic heterocycles. The van der Waals surface area contributed by atoms with E-state index >= 15 is 0 Å². The number of benzene rings is 1. The summed E-state index contributed by atoms with van der Waals surface area (Å²) in [6.07, 6.45) is 0. The standard InChI is InChI=1S/C12H14N4O/c1-9-14-12(15-17-9)8-16-7-6-13-10-4-2-3-5-11(10)16/h2-5,13H,6-8H2,1H3. The van der Waals surface area contributed by atoms with Gasteiger partial charge in [-0.1, -0.05) is 17.3 Å². The Labute approximate surface area is 99.4 Å². The Kier molecular flexibility index (Phi) is 2.44. The summed E-state index contributed by atoms with van der Waals surface area (Å²) >= 11 is 0. The van der Waals surface area contributed by atoms with E-state index in [1.165, 1.54) is 11.4 Å². The van der Waals surface area contributed by atoms with Crippen molar-refractivity contribution in [1.82, 2.24) is 10.1 Å². The third-order valence-electron chi connectivity index (χ3n) is 2.84. The van der Waals surface area contributed by atoms with Crippen molar-refractivity contribution >= 4 is 11.4 Å². The molecule has 3 rings (SSSR count). The van der Waals surface area contributed by atoms with E-state index in [4.69, 9.17) is 4.52 Å². The maximum atomic E-state index is 4.99. The number of nitrogens with zero attached hydrogens (tertiary/aromatic N) is 3. The Hall–Kier alpha value is -2.04. The first-order valence-corrected chi connectivity index (χ1v) is 5.70. The van der Waals surface area contributed by atoms with Crippen LogP contribution in [0.2, 0.25) is 0 Å². The molecule has 17 heavy (non-hydrogen) atoms. The van der Waals surface area contributed by atoms with Crippen molar-refractivity contribution < 1.29 is 4.52 Å². The summed E-state index contributed by atoms with van der Waals surface area (Å²) < 4.78 is 4.99. The van der Waals surface area contributed by atoms with Crippen molar-refractivity contribution in [3.8, 4) is 0 Å². The zero-order valence-corrected chi connectivity index (χ0v) is 9.68. The molecule has 0 atom stereocenters. The molecule has 0 saturated carbocycles. The number of para-hydroxylation sites is 2. The Balaban J connectivity index is 1.85. The van der Waals surface area contributed by atoms with Crippen molar-refractivity contribution in [3.63, 3.8) is 0 Å². The van der Waals surface area contributed by atoms with Gasteiger partial charge in [0.1, 0.15) is 0 Å². The van der Waals surface area contributed by atoms with E-state index in [9.17, 15) is 0 Å². The lowest BCUT2D eigenvalue weighted by Gasteiger charge is -2.30. The molecule has 1 aliphatic rings. The van der Waals surface area contributed by atoms with Crippen LogP contribution in [0.15, 0.2) is 28.8 Å². The van der Waals surface area contributed by atoms with Crippen LogP contribution in [-0.2, 0) is 6.54 Å². The van der Waals surface area contributed by atoms with Crippen LogP contribution >= 0.6 is 0 Å². The van der Waals surface area contributed by atoms with Gasteiger partial charge >= 0.3 is 0 Å². The van der Waals surface area contributed by atoms with E-state index in [2.05, 4.69) is 32.5 Å². The average Bonchev–Trinajstić information content (AvgIpc) is 2.75. The Bertz CT molecular complexity index is 523. The molecule has 1 N–H and O–H groups in total. The highest BCUT2D eigenvalue weighted by Gasteiger charge is 2.17. The molecule has 1 aromatic carbocycles. The van der Waals surface area contributed by atoms with Gasteiger partial charge in [-0.25, -0.2) is 0 Å². The lowest BCUT2D eigenvalue weighted by molar-refractivity contribution is 0.387. The highest BCUT2D eigenvalue weighted by molar-refractivity contribution is 5.71. The third-order valence-corrected chi connectivity index (χ3v) is 2.84. The van der Waals surface area contributed by atoms with Crippen LogP contribution in [0.4, 0.5) is 11.4 Å². The zero-order chi connectivity index (χ0) is 11.7. The van der Waals surface area contributed by atoms with Gasteiger partial charge in [0, 0.05) is 20.0 Å². The van der Waals surface area contributed by atoms with Crippen molar-refractivity contribution in [2.24, 2.45) is 0 Å². The molecule has 88 valence electrons. The maximum Gasteiger partial charge on any atom is 0.223 e. The normalized spacial score (nSPS) is 14.3. The van der Waals surface area contributed by atoms with E-state index in [-0.39, 0.29) is 0 Å². The predicted octanol–water partition coefficient (Wildman–Crippen LogP) is 1.81. The molecule has 0 aliphatic carbocycles. The number of rotatable bonds is 2. The van der Waals surface area contributed by atoms with Gasteiger partial charge in [-0.2, -0.15) is 4.98 Å². The van der Waals surface area contributed by atoms with Crippen molar-refractivity contribution in [3.05, 3.63) is 36.0 Å². The minimum Gasteiger partial charge on any atom is -0.382 e. The van der Waals surface area contributed by atoms with Gasteiger partial charge in [0.25, 0.3) is 0 Å². The molecular weight excluding hydrogens is 216 g/mol. The third kappa shape index (κ3) is 1.95. The van der Waals surface area contributed by atoms with E-state index < -0.39 is 0 Å². The minimum absolute atomic E-state index is 0.614. The molecule has 0 saturated heterocycles. The second-order valence-corrected chi connectivity index (χ2v) is 4.10. The van der Waals surface area contributed by atoms with Gasteiger partial charge in [0.2, 0.25) is 5.89 Å². The monoisotopic (exact) mass is 230 g/mol. The van der Waals surface area contributed by atoms with Gasteiger partial charge in [0.15, 0.2) is 5.82 Å². The van der Waals surface area contributed by atoms with E-state index in [0.717, 1.165) is 18.9 Å². The molecular formula is C12H14N4O. The van der Waals surface area contributed by atoms with Crippen LogP contribution in [0, 0.1) is 6.92 Å². The summed E-state index contributed by atoms with van der Waals surface area (Å²) in [7, 11) is 0. The number of fused-ring (bicyclic) bond motifs is 1. The van der Waals surface area contributed by atoms with Crippen LogP contribution in [0.1, 0.15) is 11.7 Å². The second kappa shape index (κ2) is 4.08. The smallest absolute Gasteiger partial charge is 0.223 e. The van der Waals surface area contributed by atoms with Crippen LogP contribution in [0.5, 0.6) is 0 Å². The van der Waals surface area contributed by atoms with E-state index in [1.54, 1.807) is 0 Å². The summed E-state index contributed by atoms with van der Waals surface area (Å²) in [5.74, 6) is 1.35. The first kappa shape index (κ1) is 10.1. The van der Waals surface area contributed by atoms with Gasteiger partial charge in [-0.05, 0) is 12.1 Å². The largest absolute Gasteiger partial charge is 0.382 e. The molecule has 0 unspecified atom stereocenters. The Morgan fingerprint density at radius 1 is 1.41 bits per heavy atom. The van der Waals surface area contributed by atoms with Crippen molar-refractivity contribution in [2.75, 3.05) is 23.3 Å². The predicted molar refractivity (Wildman–Crippen MR) is 65.0 cm³/mol. The molecule has 1 aliphatic heterocycles. The second-order valence-electron chi connectivity index (χ2n) is 4.10. The van der Waals surface area contributed by atoms with Crippen molar-refractivity contribution in [2.45, 2.75) is 13.5 Å². The summed E-state index contributed by atoms with van der Waals surface area (Å²) in [5, 5.41) is 7.31. The molecule has 0 spiro atoms. The SMILES string of the molecule is Cc1nc(CN2CCNc3ccccc32)no1. The molecule has 5 nitrogen and oxygen atoms in total. The number of anilines is 2. The molecule has 0 bridgehead atoms. The first-order valence-electron chi connectivity index (χ1n) is 5.70. The van der Waals surface area contributed by atoms with Gasteiger partial charge in [0.05, 0.1) is 17.9 Å². The average molecular weight is 230 g/mol. The molecule has 2 heterocycles. The fourth-order valence-corrected chi connectivity index (χ4v) is 2.09. The minimum atomic E-state index is 0.614. The summed E-state index contributed by atoms with van der Waals surface area (Å²) in [4.78, 5) is 6.50. The quantitative estimate of drug-likeness (QED) is 0.852. The molecule has 0 fully saturated rings. The van der Waals surface area contributed by atoms with Crippen molar-refractivity contribution in [1.29, 1.82) is 0 Å². The van der Waals surface area contributed by atoms with Crippen LogP contribution < -0.4 is 10.2 Å².